The summed E-state index contributed by atoms with van der Waals surface area (Å²) in [6.07, 6.45) is 18.2. The maximum Gasteiger partial charge on any atom is 0.263 e. The van der Waals surface area contributed by atoms with Gasteiger partial charge in [-0.25, -0.2) is 9.97 Å². The van der Waals surface area contributed by atoms with Gasteiger partial charge in [0.05, 0.1) is 17.4 Å². The predicted octanol–water partition coefficient (Wildman–Crippen LogP) is 6.94. The molecule has 6 aliphatic rings. The van der Waals surface area contributed by atoms with Crippen LogP contribution in [-0.4, -0.2) is 105 Å². The fourth-order valence-electron chi connectivity index (χ4n) is 12.0. The molecular weight excluding hydrogens is 833 g/mol. The number of ketones is 1. The van der Waals surface area contributed by atoms with E-state index in [2.05, 4.69) is 48.5 Å². The first-order valence-corrected chi connectivity index (χ1v) is 24.7. The largest absolute Gasteiger partial charge is 0.372 e. The third kappa shape index (κ3) is 9.07. The summed E-state index contributed by atoms with van der Waals surface area (Å²) in [5, 5.41) is 6.38. The molecule has 1 unspecified atom stereocenters. The Morgan fingerprint density at radius 2 is 1.47 bits per heavy atom. The molecule has 4 saturated heterocycles. The molecule has 15 nitrogen and oxygen atoms in total. The summed E-state index contributed by atoms with van der Waals surface area (Å²) < 4.78 is 1.74. The second-order valence-electron chi connectivity index (χ2n) is 20.0. The summed E-state index contributed by atoms with van der Waals surface area (Å²) in [5.74, 6) is 2.37. The van der Waals surface area contributed by atoms with Crippen LogP contribution in [0.1, 0.15) is 135 Å². The van der Waals surface area contributed by atoms with E-state index in [1.807, 2.05) is 25.3 Å². The molecule has 5 aliphatic heterocycles. The third-order valence-electron chi connectivity index (χ3n) is 15.9. The van der Waals surface area contributed by atoms with Crippen LogP contribution in [0.2, 0.25) is 0 Å². The monoisotopic (exact) mass is 897 g/mol. The number of nitrogens with zero attached hydrogens (tertiary/aromatic N) is 8. The van der Waals surface area contributed by atoms with E-state index in [-0.39, 0.29) is 47.1 Å². The van der Waals surface area contributed by atoms with Crippen LogP contribution in [-0.2, 0) is 16.1 Å². The molecule has 1 atom stereocenters. The maximum atomic E-state index is 13.6. The Morgan fingerprint density at radius 3 is 2.15 bits per heavy atom. The first-order chi connectivity index (χ1) is 32.1. The minimum atomic E-state index is -0.582. The van der Waals surface area contributed by atoms with Crippen LogP contribution < -0.4 is 26.0 Å². The van der Waals surface area contributed by atoms with Crippen LogP contribution in [0.4, 0.5) is 23.1 Å². The van der Waals surface area contributed by atoms with Gasteiger partial charge >= 0.3 is 0 Å². The number of amides is 3. The molecule has 0 bridgehead atoms. The van der Waals surface area contributed by atoms with Crippen molar-refractivity contribution >= 4 is 57.7 Å². The van der Waals surface area contributed by atoms with Crippen molar-refractivity contribution in [2.45, 2.75) is 122 Å². The lowest BCUT2D eigenvalue weighted by Gasteiger charge is -2.38. The molecule has 8 heterocycles. The number of pyridine rings is 2. The molecule has 5 fully saturated rings. The Labute approximate surface area is 386 Å². The second kappa shape index (κ2) is 18.9. The first kappa shape index (κ1) is 44.2. The van der Waals surface area contributed by atoms with E-state index in [1.54, 1.807) is 15.7 Å². The van der Waals surface area contributed by atoms with Crippen LogP contribution in [0, 0.1) is 24.7 Å². The Morgan fingerprint density at radius 1 is 0.788 bits per heavy atom. The molecule has 0 radical (unpaired) electrons. The van der Waals surface area contributed by atoms with Crippen LogP contribution in [0.15, 0.2) is 47.5 Å². The molecule has 66 heavy (non-hydrogen) atoms. The highest BCUT2D eigenvalue weighted by atomic mass is 16.2. The summed E-state index contributed by atoms with van der Waals surface area (Å²) in [4.78, 5) is 86.8. The topological polar surface area (TPSA) is 166 Å². The van der Waals surface area contributed by atoms with Gasteiger partial charge in [-0.1, -0.05) is 12.8 Å². The van der Waals surface area contributed by atoms with Gasteiger partial charge < -0.3 is 24.9 Å². The molecule has 2 N–H and O–H groups in total. The van der Waals surface area contributed by atoms with E-state index in [9.17, 15) is 24.0 Å². The second-order valence-corrected chi connectivity index (χ2v) is 20.0. The standard InChI is InChI=1S/C51H64N10O5/c1-32-42-30-53-51(56-47(42)61(38-5-3-4-6-38)50(66)46(32)33(2)62)54-44-11-8-40(29-52-44)59-23-16-34(17-24-59)13-20-57-21-14-35(15-22-57)27-36-18-25-58(26-19-36)39-7-9-41-37(28-39)31-60(49(41)65)43-10-12-45(63)55-48(43)64/h7-9,11,28-30,34-36,38,43H,3-6,10,12-27,31H2,1-2H3,(H,55,63,64)(H,52,53,54,56). The molecule has 1 saturated carbocycles. The summed E-state index contributed by atoms with van der Waals surface area (Å²) in [6, 6.07) is 9.66. The fourth-order valence-corrected chi connectivity index (χ4v) is 12.0. The van der Waals surface area contributed by atoms with Gasteiger partial charge in [-0.2, -0.15) is 4.98 Å². The summed E-state index contributed by atoms with van der Waals surface area (Å²) in [5.41, 5.74) is 5.11. The van der Waals surface area contributed by atoms with Gasteiger partial charge in [0.25, 0.3) is 11.5 Å². The normalized spacial score (nSPS) is 21.8. The van der Waals surface area contributed by atoms with Crippen molar-refractivity contribution in [1.82, 2.24) is 34.6 Å². The van der Waals surface area contributed by atoms with Crippen molar-refractivity contribution in [3.05, 3.63) is 75.3 Å². The highest BCUT2D eigenvalue weighted by Gasteiger charge is 2.39. The van der Waals surface area contributed by atoms with Crippen molar-refractivity contribution in [3.8, 4) is 0 Å². The van der Waals surface area contributed by atoms with Gasteiger partial charge in [0.1, 0.15) is 17.5 Å². The van der Waals surface area contributed by atoms with E-state index in [0.29, 0.717) is 41.5 Å². The fraction of sp³-hybridized carbons (Fsp3) is 0.569. The smallest absolute Gasteiger partial charge is 0.263 e. The van der Waals surface area contributed by atoms with Crippen molar-refractivity contribution in [3.63, 3.8) is 0 Å². The Bertz CT molecular complexity index is 2550. The minimum absolute atomic E-state index is 0.0282. The van der Waals surface area contributed by atoms with Crippen molar-refractivity contribution in [1.29, 1.82) is 0 Å². The molecular formula is C51H64N10O5. The van der Waals surface area contributed by atoms with Crippen LogP contribution in [0.25, 0.3) is 11.0 Å². The number of imide groups is 1. The van der Waals surface area contributed by atoms with Crippen LogP contribution >= 0.6 is 0 Å². The van der Waals surface area contributed by atoms with E-state index < -0.39 is 6.04 Å². The number of aromatic nitrogens is 4. The van der Waals surface area contributed by atoms with Gasteiger partial charge in [0.15, 0.2) is 5.78 Å². The van der Waals surface area contributed by atoms with Crippen LogP contribution in [0.5, 0.6) is 0 Å². The van der Waals surface area contributed by atoms with E-state index in [4.69, 9.17) is 9.97 Å². The lowest BCUT2D eigenvalue weighted by Crippen LogP contribution is -2.52. The number of carbonyl (C=O) groups is 4. The molecule has 348 valence electrons. The number of piperidine rings is 4. The first-order valence-electron chi connectivity index (χ1n) is 24.7. The highest BCUT2D eigenvalue weighted by Crippen LogP contribution is 2.36. The number of Topliss-reactive ketones (excluding diaryl/α,β-unsaturated/α-hetero) is 1. The van der Waals surface area contributed by atoms with E-state index in [0.717, 1.165) is 91.9 Å². The average molecular weight is 897 g/mol. The molecule has 0 spiro atoms. The van der Waals surface area contributed by atoms with Crippen molar-refractivity contribution < 1.29 is 19.2 Å². The minimum Gasteiger partial charge on any atom is -0.372 e. The number of likely N-dealkylation sites (tertiary alicyclic amines) is 1. The zero-order chi connectivity index (χ0) is 45.5. The zero-order valence-corrected chi connectivity index (χ0v) is 38.6. The van der Waals surface area contributed by atoms with E-state index >= 15 is 0 Å². The SMILES string of the molecule is CC(=O)c1c(C)c2cnc(Nc3ccc(N4CCC(CCN5CCC(CC6CCN(c7ccc8c(c7)CN(C7CCC(=O)NC7=O)C8=O)CC6)CC5)CC4)cn3)nc2n(C2CCCC2)c1=O. The Hall–Kier alpha value is -5.70. The maximum absolute atomic E-state index is 13.6. The average Bonchev–Trinajstić information content (AvgIpc) is 3.97. The van der Waals surface area contributed by atoms with Gasteiger partial charge in [0.2, 0.25) is 17.8 Å². The number of hydrogen-bond donors (Lipinski definition) is 2. The Balaban J connectivity index is 0.641. The molecule has 4 aromatic rings. The highest BCUT2D eigenvalue weighted by molar-refractivity contribution is 6.05. The molecule has 3 aromatic heterocycles. The Kier molecular flexibility index (Phi) is 12.6. The van der Waals surface area contributed by atoms with Gasteiger partial charge in [0, 0.05) is 68.0 Å². The molecule has 10 rings (SSSR count). The van der Waals surface area contributed by atoms with Gasteiger partial charge in [-0.05, 0) is 163 Å². The van der Waals surface area contributed by atoms with Gasteiger partial charge in [-0.3, -0.25) is 33.9 Å². The molecule has 3 amide bonds. The number of anilines is 4. The number of hydrogen-bond acceptors (Lipinski definition) is 12. The summed E-state index contributed by atoms with van der Waals surface area (Å²) in [7, 11) is 0. The van der Waals surface area contributed by atoms with Crippen LogP contribution in [0.3, 0.4) is 0 Å². The summed E-state index contributed by atoms with van der Waals surface area (Å²) in [6.45, 7) is 11.4. The molecule has 1 aromatic carbocycles. The number of rotatable bonds is 12. The van der Waals surface area contributed by atoms with Gasteiger partial charge in [-0.15, -0.1) is 0 Å². The third-order valence-corrected chi connectivity index (χ3v) is 15.9. The lowest BCUT2D eigenvalue weighted by atomic mass is 9.82. The molecule has 1 aliphatic carbocycles. The lowest BCUT2D eigenvalue weighted by molar-refractivity contribution is -0.136. The number of benzene rings is 1. The van der Waals surface area contributed by atoms with Crippen molar-refractivity contribution in [2.75, 3.05) is 60.9 Å². The molecule has 15 heteroatoms. The number of nitrogens with one attached hydrogen (secondary N) is 2. The summed E-state index contributed by atoms with van der Waals surface area (Å²) >= 11 is 0. The zero-order valence-electron chi connectivity index (χ0n) is 38.6. The quantitative estimate of drug-likeness (QED) is 0.111. The number of aryl methyl sites for hydroxylation is 1. The number of carbonyl (C=O) groups excluding carboxylic acids is 4. The van der Waals surface area contributed by atoms with Crippen molar-refractivity contribution in [2.24, 2.45) is 17.8 Å². The number of fused-ring (bicyclic) bond motifs is 2. The van der Waals surface area contributed by atoms with E-state index in [1.165, 1.54) is 77.9 Å². The predicted molar refractivity (Wildman–Crippen MR) is 254 cm³/mol.